The Bertz CT molecular complexity index is 582. The van der Waals surface area contributed by atoms with Gasteiger partial charge in [0.2, 0.25) is 0 Å². The van der Waals surface area contributed by atoms with E-state index in [1.54, 1.807) is 0 Å². The lowest BCUT2D eigenvalue weighted by Crippen LogP contribution is -2.33. The number of aromatic nitrogens is 2. The van der Waals surface area contributed by atoms with E-state index in [0.717, 1.165) is 11.4 Å². The molecule has 6 heteroatoms. The molecular weight excluding hydrogens is 260 g/mol. The highest BCUT2D eigenvalue weighted by Crippen LogP contribution is 2.14. The van der Waals surface area contributed by atoms with Crippen LogP contribution in [0, 0.1) is 6.92 Å². The fraction of sp³-hybridized carbons (Fsp3) is 0.308. The molecule has 0 unspecified atom stereocenters. The fourth-order valence-corrected chi connectivity index (χ4v) is 2.35. The summed E-state index contributed by atoms with van der Waals surface area (Å²) in [5.41, 5.74) is 7.45. The number of rotatable bonds is 4. The van der Waals surface area contributed by atoms with Crippen molar-refractivity contribution < 1.29 is 4.79 Å². The largest absolute Gasteiger partial charge is 0.375 e. The molecule has 0 fully saturated rings. The van der Waals surface area contributed by atoms with E-state index in [4.69, 9.17) is 5.73 Å². The van der Waals surface area contributed by atoms with Crippen LogP contribution < -0.4 is 11.1 Å². The summed E-state index contributed by atoms with van der Waals surface area (Å²) in [6.07, 6.45) is 2.19. The monoisotopic (exact) mass is 276 g/mol. The fourth-order valence-electron chi connectivity index (χ4n) is 1.77. The topological polar surface area (TPSA) is 80.9 Å². The van der Waals surface area contributed by atoms with Crippen molar-refractivity contribution in [2.45, 2.75) is 26.3 Å². The van der Waals surface area contributed by atoms with E-state index < -0.39 is 0 Å². The van der Waals surface area contributed by atoms with Gasteiger partial charge in [0.25, 0.3) is 5.91 Å². The SMILES string of the molecule is Cc1cccc(C[C@@H](C)NC(=O)c2cnc(N)s2)n1. The Kier molecular flexibility index (Phi) is 4.11. The summed E-state index contributed by atoms with van der Waals surface area (Å²) in [5.74, 6) is -0.144. The number of nitrogens with two attached hydrogens (primary N) is 1. The zero-order valence-electron chi connectivity index (χ0n) is 10.9. The van der Waals surface area contributed by atoms with Crippen LogP contribution in [0.15, 0.2) is 24.4 Å². The predicted molar refractivity (Wildman–Crippen MR) is 76.1 cm³/mol. The summed E-state index contributed by atoms with van der Waals surface area (Å²) in [5, 5.41) is 3.31. The standard InChI is InChI=1S/C13H16N4OS/c1-8-4-3-5-10(16-8)6-9(2)17-12(18)11-7-15-13(14)19-11/h3-5,7,9H,6H2,1-2H3,(H2,14,15)(H,17,18)/t9-/m1/s1. The number of nitrogens with one attached hydrogen (secondary N) is 1. The number of pyridine rings is 1. The molecule has 100 valence electrons. The normalized spacial score (nSPS) is 12.1. The van der Waals surface area contributed by atoms with Gasteiger partial charge in [-0.25, -0.2) is 4.98 Å². The maximum absolute atomic E-state index is 11.9. The van der Waals surface area contributed by atoms with Crippen molar-refractivity contribution in [3.8, 4) is 0 Å². The van der Waals surface area contributed by atoms with Gasteiger partial charge in [0, 0.05) is 23.9 Å². The van der Waals surface area contributed by atoms with Crippen molar-refractivity contribution in [3.05, 3.63) is 40.7 Å². The third-order valence-corrected chi connectivity index (χ3v) is 3.41. The first-order chi connectivity index (χ1) is 9.04. The summed E-state index contributed by atoms with van der Waals surface area (Å²) in [4.78, 5) is 20.7. The molecule has 0 saturated carbocycles. The Labute approximate surface area is 115 Å². The molecule has 2 rings (SSSR count). The van der Waals surface area contributed by atoms with E-state index >= 15 is 0 Å². The van der Waals surface area contributed by atoms with E-state index in [1.165, 1.54) is 17.5 Å². The maximum atomic E-state index is 11.9. The lowest BCUT2D eigenvalue weighted by molar-refractivity contribution is 0.0944. The third-order valence-electron chi connectivity index (χ3n) is 2.59. The van der Waals surface area contributed by atoms with Crippen LogP contribution in [-0.4, -0.2) is 21.9 Å². The number of anilines is 1. The number of hydrogen-bond acceptors (Lipinski definition) is 5. The summed E-state index contributed by atoms with van der Waals surface area (Å²) < 4.78 is 0. The predicted octanol–water partition coefficient (Wildman–Crippen LogP) is 1.79. The summed E-state index contributed by atoms with van der Waals surface area (Å²) in [6.45, 7) is 3.90. The van der Waals surface area contributed by atoms with Crippen molar-refractivity contribution in [1.29, 1.82) is 0 Å². The molecule has 0 spiro atoms. The first-order valence-corrected chi connectivity index (χ1v) is 6.81. The Morgan fingerprint density at radius 2 is 2.32 bits per heavy atom. The quantitative estimate of drug-likeness (QED) is 0.892. The molecule has 5 nitrogen and oxygen atoms in total. The molecule has 0 aliphatic carbocycles. The highest BCUT2D eigenvalue weighted by atomic mass is 32.1. The molecule has 0 bridgehead atoms. The van der Waals surface area contributed by atoms with Gasteiger partial charge in [0.15, 0.2) is 5.13 Å². The highest BCUT2D eigenvalue weighted by molar-refractivity contribution is 7.17. The Hall–Kier alpha value is -1.95. The number of nitrogen functional groups attached to an aromatic ring is 1. The number of carbonyl (C=O) groups is 1. The Balaban J connectivity index is 1.94. The average Bonchev–Trinajstić information content (AvgIpc) is 2.75. The van der Waals surface area contributed by atoms with Gasteiger partial charge in [0.05, 0.1) is 6.20 Å². The first kappa shape index (κ1) is 13.5. The molecule has 1 amide bonds. The van der Waals surface area contributed by atoms with Crippen molar-refractivity contribution in [2.75, 3.05) is 5.73 Å². The molecule has 0 radical (unpaired) electrons. The van der Waals surface area contributed by atoms with Crippen molar-refractivity contribution in [2.24, 2.45) is 0 Å². The first-order valence-electron chi connectivity index (χ1n) is 5.99. The molecule has 2 heterocycles. The van der Waals surface area contributed by atoms with Gasteiger partial charge in [-0.2, -0.15) is 0 Å². The molecular formula is C13H16N4OS. The second-order valence-corrected chi connectivity index (χ2v) is 5.47. The third kappa shape index (κ3) is 3.75. The van der Waals surface area contributed by atoms with Crippen molar-refractivity contribution in [3.63, 3.8) is 0 Å². The maximum Gasteiger partial charge on any atom is 0.263 e. The summed E-state index contributed by atoms with van der Waals surface area (Å²) in [7, 11) is 0. The van der Waals surface area contributed by atoms with Crippen LogP contribution in [0.2, 0.25) is 0 Å². The van der Waals surface area contributed by atoms with Crippen LogP contribution in [0.25, 0.3) is 0 Å². The van der Waals surface area contributed by atoms with Crippen LogP contribution in [0.1, 0.15) is 28.0 Å². The summed E-state index contributed by atoms with van der Waals surface area (Å²) >= 11 is 1.19. The van der Waals surface area contributed by atoms with Crippen molar-refractivity contribution in [1.82, 2.24) is 15.3 Å². The minimum absolute atomic E-state index is 0.00474. The number of carbonyl (C=O) groups excluding carboxylic acids is 1. The van der Waals surface area contributed by atoms with Crippen LogP contribution in [0.4, 0.5) is 5.13 Å². The molecule has 0 aliphatic heterocycles. The number of nitrogens with zero attached hydrogens (tertiary/aromatic N) is 2. The van der Waals surface area contributed by atoms with Gasteiger partial charge in [-0.3, -0.25) is 9.78 Å². The zero-order chi connectivity index (χ0) is 13.8. The van der Waals surface area contributed by atoms with Gasteiger partial charge in [0.1, 0.15) is 4.88 Å². The van der Waals surface area contributed by atoms with Gasteiger partial charge in [-0.15, -0.1) is 0 Å². The highest BCUT2D eigenvalue weighted by Gasteiger charge is 2.13. The van der Waals surface area contributed by atoms with Gasteiger partial charge in [-0.1, -0.05) is 17.4 Å². The molecule has 1 atom stereocenters. The average molecular weight is 276 g/mol. The van der Waals surface area contributed by atoms with Crippen LogP contribution >= 0.6 is 11.3 Å². The number of amides is 1. The number of thiazole rings is 1. The van der Waals surface area contributed by atoms with E-state index in [1.807, 2.05) is 32.0 Å². The molecule has 0 aliphatic rings. The molecule has 19 heavy (non-hydrogen) atoms. The van der Waals surface area contributed by atoms with E-state index in [2.05, 4.69) is 15.3 Å². The van der Waals surface area contributed by atoms with Crippen molar-refractivity contribution >= 4 is 22.4 Å². The second-order valence-electron chi connectivity index (χ2n) is 4.41. The number of hydrogen-bond donors (Lipinski definition) is 2. The Morgan fingerprint density at radius 1 is 1.53 bits per heavy atom. The molecule has 0 saturated heterocycles. The molecule has 0 aromatic carbocycles. The summed E-state index contributed by atoms with van der Waals surface area (Å²) in [6, 6.07) is 5.88. The van der Waals surface area contributed by atoms with Gasteiger partial charge in [-0.05, 0) is 26.0 Å². The second kappa shape index (κ2) is 5.79. The Morgan fingerprint density at radius 3 is 2.95 bits per heavy atom. The van der Waals surface area contributed by atoms with Crippen LogP contribution in [-0.2, 0) is 6.42 Å². The lowest BCUT2D eigenvalue weighted by Gasteiger charge is -2.12. The van der Waals surface area contributed by atoms with E-state index in [-0.39, 0.29) is 11.9 Å². The number of aryl methyl sites for hydroxylation is 1. The lowest BCUT2D eigenvalue weighted by atomic mass is 10.1. The van der Waals surface area contributed by atoms with E-state index in [9.17, 15) is 4.79 Å². The van der Waals surface area contributed by atoms with Gasteiger partial charge >= 0.3 is 0 Å². The van der Waals surface area contributed by atoms with Crippen LogP contribution in [0.5, 0.6) is 0 Å². The minimum Gasteiger partial charge on any atom is -0.375 e. The van der Waals surface area contributed by atoms with Crippen LogP contribution in [0.3, 0.4) is 0 Å². The smallest absolute Gasteiger partial charge is 0.263 e. The molecule has 2 aromatic rings. The van der Waals surface area contributed by atoms with Gasteiger partial charge < -0.3 is 11.1 Å². The zero-order valence-corrected chi connectivity index (χ0v) is 11.7. The van der Waals surface area contributed by atoms with E-state index in [0.29, 0.717) is 16.4 Å². The molecule has 3 N–H and O–H groups in total. The minimum atomic E-state index is -0.144. The molecule has 2 aromatic heterocycles.